The number of nitrogens with zero attached hydrogens (tertiary/aromatic N) is 1. The van der Waals surface area contributed by atoms with Crippen molar-refractivity contribution in [2.45, 2.75) is 19.4 Å². The fourth-order valence-corrected chi connectivity index (χ4v) is 2.24. The summed E-state index contributed by atoms with van der Waals surface area (Å²) in [6.07, 6.45) is 3.11. The van der Waals surface area contributed by atoms with Crippen molar-refractivity contribution in [1.82, 2.24) is 4.90 Å². The van der Waals surface area contributed by atoms with Crippen LogP contribution in [0, 0.1) is 0 Å². The first-order valence-electron chi connectivity index (χ1n) is 6.14. The number of carbonyl (C=O) groups excluding carboxylic acids is 1. The third-order valence-electron chi connectivity index (χ3n) is 3.14. The van der Waals surface area contributed by atoms with Crippen LogP contribution in [0.25, 0.3) is 0 Å². The molecule has 1 rings (SSSR count). The number of carbonyl (C=O) groups is 1. The number of rotatable bonds is 6. The zero-order valence-electron chi connectivity index (χ0n) is 11.6. The average Bonchev–Trinajstić information content (AvgIpc) is 2.43. The SMILES string of the molecule is CNc1ccc(C(=O)N(C)C(C)CCSC)cc1. The minimum Gasteiger partial charge on any atom is -0.388 e. The number of anilines is 1. The highest BCUT2D eigenvalue weighted by atomic mass is 32.2. The van der Waals surface area contributed by atoms with Crippen molar-refractivity contribution in [2.75, 3.05) is 31.4 Å². The van der Waals surface area contributed by atoms with E-state index in [9.17, 15) is 4.79 Å². The minimum atomic E-state index is 0.0891. The normalized spacial score (nSPS) is 12.0. The molecule has 0 bridgehead atoms. The Balaban J connectivity index is 2.67. The molecule has 0 saturated carbocycles. The monoisotopic (exact) mass is 266 g/mol. The second-order valence-electron chi connectivity index (χ2n) is 4.37. The molecule has 1 N–H and O–H groups in total. The van der Waals surface area contributed by atoms with Gasteiger partial charge in [-0.3, -0.25) is 4.79 Å². The van der Waals surface area contributed by atoms with Crippen molar-refractivity contribution >= 4 is 23.4 Å². The molecule has 1 aromatic rings. The van der Waals surface area contributed by atoms with Crippen molar-refractivity contribution in [2.24, 2.45) is 0 Å². The van der Waals surface area contributed by atoms with Crippen LogP contribution < -0.4 is 5.32 Å². The van der Waals surface area contributed by atoms with Crippen LogP contribution in [0.2, 0.25) is 0 Å². The Morgan fingerprint density at radius 3 is 2.50 bits per heavy atom. The van der Waals surface area contributed by atoms with Crippen molar-refractivity contribution in [3.63, 3.8) is 0 Å². The van der Waals surface area contributed by atoms with E-state index in [1.54, 1.807) is 0 Å². The molecule has 1 unspecified atom stereocenters. The molecule has 4 heteroatoms. The van der Waals surface area contributed by atoms with E-state index >= 15 is 0 Å². The quantitative estimate of drug-likeness (QED) is 0.859. The van der Waals surface area contributed by atoms with Gasteiger partial charge in [0.1, 0.15) is 0 Å². The van der Waals surface area contributed by atoms with Crippen LogP contribution in [0.15, 0.2) is 24.3 Å². The Hall–Kier alpha value is -1.16. The van der Waals surface area contributed by atoms with Gasteiger partial charge >= 0.3 is 0 Å². The molecule has 1 atom stereocenters. The predicted molar refractivity (Wildman–Crippen MR) is 80.5 cm³/mol. The maximum absolute atomic E-state index is 12.2. The van der Waals surface area contributed by atoms with Crippen molar-refractivity contribution in [3.8, 4) is 0 Å². The maximum atomic E-state index is 12.2. The molecule has 0 fully saturated rings. The lowest BCUT2D eigenvalue weighted by Crippen LogP contribution is -2.35. The molecule has 1 aromatic carbocycles. The van der Waals surface area contributed by atoms with Gasteiger partial charge in [-0.25, -0.2) is 0 Å². The van der Waals surface area contributed by atoms with E-state index in [1.165, 1.54) is 0 Å². The summed E-state index contributed by atoms with van der Waals surface area (Å²) in [7, 11) is 3.74. The fourth-order valence-electron chi connectivity index (χ4n) is 1.67. The highest BCUT2D eigenvalue weighted by Gasteiger charge is 2.16. The molecular formula is C14H22N2OS. The van der Waals surface area contributed by atoms with Crippen LogP contribution in [0.3, 0.4) is 0 Å². The van der Waals surface area contributed by atoms with Crippen LogP contribution in [0.5, 0.6) is 0 Å². The molecule has 18 heavy (non-hydrogen) atoms. The van der Waals surface area contributed by atoms with Crippen molar-refractivity contribution in [3.05, 3.63) is 29.8 Å². The second kappa shape index (κ2) is 7.31. The molecule has 0 heterocycles. The lowest BCUT2D eigenvalue weighted by Gasteiger charge is -2.25. The van der Waals surface area contributed by atoms with Crippen LogP contribution in [0.4, 0.5) is 5.69 Å². The van der Waals surface area contributed by atoms with E-state index in [4.69, 9.17) is 0 Å². The fraction of sp³-hybridized carbons (Fsp3) is 0.500. The summed E-state index contributed by atoms with van der Waals surface area (Å²) in [5.74, 6) is 1.17. The predicted octanol–water partition coefficient (Wildman–Crippen LogP) is 2.94. The molecule has 0 radical (unpaired) electrons. The van der Waals surface area contributed by atoms with Gasteiger partial charge in [-0.1, -0.05) is 0 Å². The van der Waals surface area contributed by atoms with Gasteiger partial charge in [0.2, 0.25) is 0 Å². The summed E-state index contributed by atoms with van der Waals surface area (Å²) < 4.78 is 0. The zero-order chi connectivity index (χ0) is 13.5. The molecule has 0 saturated heterocycles. The van der Waals surface area contributed by atoms with E-state index in [-0.39, 0.29) is 11.9 Å². The summed E-state index contributed by atoms with van der Waals surface area (Å²) in [5, 5.41) is 3.05. The first-order valence-corrected chi connectivity index (χ1v) is 7.53. The highest BCUT2D eigenvalue weighted by Crippen LogP contribution is 2.13. The van der Waals surface area contributed by atoms with Crippen LogP contribution >= 0.6 is 11.8 Å². The lowest BCUT2D eigenvalue weighted by atomic mass is 10.1. The summed E-state index contributed by atoms with van der Waals surface area (Å²) >= 11 is 1.81. The maximum Gasteiger partial charge on any atom is 0.253 e. The van der Waals surface area contributed by atoms with Crippen LogP contribution in [-0.2, 0) is 0 Å². The molecule has 100 valence electrons. The number of nitrogens with one attached hydrogen (secondary N) is 1. The van der Waals surface area contributed by atoms with Gasteiger partial charge in [0.15, 0.2) is 0 Å². The molecule has 0 aliphatic heterocycles. The van der Waals surface area contributed by atoms with E-state index in [1.807, 2.05) is 55.0 Å². The Morgan fingerprint density at radius 1 is 1.39 bits per heavy atom. The first kappa shape index (κ1) is 14.9. The summed E-state index contributed by atoms with van der Waals surface area (Å²) in [6.45, 7) is 2.09. The van der Waals surface area contributed by atoms with Gasteiger partial charge < -0.3 is 10.2 Å². The van der Waals surface area contributed by atoms with Gasteiger partial charge in [-0.2, -0.15) is 11.8 Å². The van der Waals surface area contributed by atoms with E-state index < -0.39 is 0 Å². The first-order chi connectivity index (χ1) is 8.60. The molecule has 0 aliphatic rings. The third-order valence-corrected chi connectivity index (χ3v) is 3.79. The lowest BCUT2D eigenvalue weighted by molar-refractivity contribution is 0.0741. The molecule has 0 spiro atoms. The Bertz CT molecular complexity index is 378. The molecule has 3 nitrogen and oxygen atoms in total. The standard InChI is InChI=1S/C14H22N2OS/c1-11(9-10-18-4)16(3)14(17)12-5-7-13(15-2)8-6-12/h5-8,11,15H,9-10H2,1-4H3. The average molecular weight is 266 g/mol. The Morgan fingerprint density at radius 2 is 2.00 bits per heavy atom. The number of amides is 1. The van der Waals surface area contributed by atoms with Crippen LogP contribution in [0.1, 0.15) is 23.7 Å². The Kier molecular flexibility index (Phi) is 6.05. The summed E-state index contributed by atoms with van der Waals surface area (Å²) in [4.78, 5) is 14.1. The van der Waals surface area contributed by atoms with Gasteiger partial charge in [-0.15, -0.1) is 0 Å². The topological polar surface area (TPSA) is 32.3 Å². The number of benzene rings is 1. The van der Waals surface area contributed by atoms with Crippen molar-refractivity contribution < 1.29 is 4.79 Å². The molecular weight excluding hydrogens is 244 g/mol. The van der Waals surface area contributed by atoms with Crippen LogP contribution in [-0.4, -0.2) is 43.0 Å². The summed E-state index contributed by atoms with van der Waals surface area (Å²) in [6, 6.07) is 7.85. The highest BCUT2D eigenvalue weighted by molar-refractivity contribution is 7.98. The second-order valence-corrected chi connectivity index (χ2v) is 5.36. The van der Waals surface area contributed by atoms with E-state index in [0.29, 0.717) is 0 Å². The molecule has 0 aliphatic carbocycles. The van der Waals surface area contributed by atoms with Gasteiger partial charge in [-0.05, 0) is 49.6 Å². The number of hydrogen-bond donors (Lipinski definition) is 1. The number of thioether (sulfide) groups is 1. The van der Waals surface area contributed by atoms with Crippen molar-refractivity contribution in [1.29, 1.82) is 0 Å². The zero-order valence-corrected chi connectivity index (χ0v) is 12.4. The van der Waals surface area contributed by atoms with E-state index in [0.717, 1.165) is 23.4 Å². The van der Waals surface area contributed by atoms with Gasteiger partial charge in [0.05, 0.1) is 0 Å². The third kappa shape index (κ3) is 3.95. The molecule has 1 amide bonds. The largest absolute Gasteiger partial charge is 0.388 e. The Labute approximate surface area is 114 Å². The van der Waals surface area contributed by atoms with E-state index in [2.05, 4.69) is 18.5 Å². The van der Waals surface area contributed by atoms with Gasteiger partial charge in [0, 0.05) is 31.4 Å². The molecule has 0 aromatic heterocycles. The van der Waals surface area contributed by atoms with Gasteiger partial charge in [0.25, 0.3) is 5.91 Å². The summed E-state index contributed by atoms with van der Waals surface area (Å²) in [5.41, 5.74) is 1.76. The smallest absolute Gasteiger partial charge is 0.253 e. The number of hydrogen-bond acceptors (Lipinski definition) is 3. The minimum absolute atomic E-state index is 0.0891.